The Labute approximate surface area is 90.0 Å². The standard InChI is InChI=1S/C10H19N3O2/c1-8(12-10(11)15)9(14)13-6-4-2-3-5-7-13/h8H,2-7H2,1H3,(H3,11,12,15). The molecule has 1 fully saturated rings. The quantitative estimate of drug-likeness (QED) is 0.698. The number of nitrogens with one attached hydrogen (secondary N) is 1. The Morgan fingerprint density at radius 1 is 1.20 bits per heavy atom. The highest BCUT2D eigenvalue weighted by atomic mass is 16.2. The first-order valence-corrected chi connectivity index (χ1v) is 5.46. The van der Waals surface area contributed by atoms with Crippen molar-refractivity contribution >= 4 is 11.9 Å². The van der Waals surface area contributed by atoms with E-state index in [-0.39, 0.29) is 5.91 Å². The van der Waals surface area contributed by atoms with Crippen LogP contribution in [0.3, 0.4) is 0 Å². The van der Waals surface area contributed by atoms with Crippen LogP contribution in [0.4, 0.5) is 4.79 Å². The van der Waals surface area contributed by atoms with Gasteiger partial charge in [0.2, 0.25) is 5.91 Å². The van der Waals surface area contributed by atoms with Gasteiger partial charge in [0, 0.05) is 13.1 Å². The molecule has 1 rings (SSSR count). The van der Waals surface area contributed by atoms with Crippen LogP contribution in [0.15, 0.2) is 0 Å². The summed E-state index contributed by atoms with van der Waals surface area (Å²) in [7, 11) is 0. The summed E-state index contributed by atoms with van der Waals surface area (Å²) in [5, 5.41) is 2.41. The topological polar surface area (TPSA) is 75.4 Å². The Morgan fingerprint density at radius 2 is 1.73 bits per heavy atom. The number of likely N-dealkylation sites (tertiary alicyclic amines) is 1. The number of nitrogens with zero attached hydrogens (tertiary/aromatic N) is 1. The lowest BCUT2D eigenvalue weighted by Gasteiger charge is -2.24. The first kappa shape index (κ1) is 11.8. The maximum Gasteiger partial charge on any atom is 0.312 e. The molecule has 0 bridgehead atoms. The van der Waals surface area contributed by atoms with Crippen molar-refractivity contribution in [2.75, 3.05) is 13.1 Å². The molecule has 0 aliphatic carbocycles. The summed E-state index contributed by atoms with van der Waals surface area (Å²) in [5.41, 5.74) is 4.97. The van der Waals surface area contributed by atoms with Crippen LogP contribution >= 0.6 is 0 Å². The van der Waals surface area contributed by atoms with Gasteiger partial charge in [-0.25, -0.2) is 4.79 Å². The highest BCUT2D eigenvalue weighted by Gasteiger charge is 2.21. The fourth-order valence-corrected chi connectivity index (χ4v) is 1.84. The second kappa shape index (κ2) is 5.58. The third kappa shape index (κ3) is 3.77. The lowest BCUT2D eigenvalue weighted by Crippen LogP contribution is -2.48. The van der Waals surface area contributed by atoms with Crippen molar-refractivity contribution < 1.29 is 9.59 Å². The molecule has 3 N–H and O–H groups in total. The minimum absolute atomic E-state index is 0.0318. The molecule has 0 aromatic rings. The molecule has 1 heterocycles. The van der Waals surface area contributed by atoms with Gasteiger partial charge in [-0.2, -0.15) is 0 Å². The van der Waals surface area contributed by atoms with Crippen molar-refractivity contribution in [2.45, 2.75) is 38.6 Å². The fraction of sp³-hybridized carbons (Fsp3) is 0.800. The van der Waals surface area contributed by atoms with Gasteiger partial charge in [-0.15, -0.1) is 0 Å². The van der Waals surface area contributed by atoms with Gasteiger partial charge in [0.15, 0.2) is 0 Å². The molecule has 1 aliphatic rings. The molecule has 0 spiro atoms. The Kier molecular flexibility index (Phi) is 4.39. The van der Waals surface area contributed by atoms with Crippen LogP contribution in [0.5, 0.6) is 0 Å². The van der Waals surface area contributed by atoms with Gasteiger partial charge in [0.05, 0.1) is 0 Å². The molecule has 5 heteroatoms. The summed E-state index contributed by atoms with van der Waals surface area (Å²) in [5.74, 6) is -0.0318. The van der Waals surface area contributed by atoms with Gasteiger partial charge in [-0.1, -0.05) is 12.8 Å². The molecule has 0 aromatic carbocycles. The van der Waals surface area contributed by atoms with Gasteiger partial charge in [0.1, 0.15) is 6.04 Å². The SMILES string of the molecule is CC(NC(N)=O)C(=O)N1CCCCCC1. The predicted octanol–water partition coefficient (Wildman–Crippen LogP) is 0.446. The lowest BCUT2D eigenvalue weighted by molar-refractivity contribution is -0.132. The number of urea groups is 1. The van der Waals surface area contributed by atoms with Crippen molar-refractivity contribution in [3.05, 3.63) is 0 Å². The third-order valence-electron chi connectivity index (χ3n) is 2.65. The normalized spacial score (nSPS) is 19.1. The Balaban J connectivity index is 2.46. The zero-order valence-electron chi connectivity index (χ0n) is 9.16. The number of carbonyl (C=O) groups excluding carboxylic acids is 2. The molecule has 3 amide bonds. The van der Waals surface area contributed by atoms with E-state index in [1.54, 1.807) is 6.92 Å². The summed E-state index contributed by atoms with van der Waals surface area (Å²) >= 11 is 0. The zero-order chi connectivity index (χ0) is 11.3. The average Bonchev–Trinajstić information content (AvgIpc) is 2.43. The van der Waals surface area contributed by atoms with Crippen LogP contribution in [0.1, 0.15) is 32.6 Å². The number of hydrogen-bond donors (Lipinski definition) is 2. The monoisotopic (exact) mass is 213 g/mol. The van der Waals surface area contributed by atoms with Crippen molar-refractivity contribution in [1.82, 2.24) is 10.2 Å². The van der Waals surface area contributed by atoms with E-state index in [0.29, 0.717) is 0 Å². The Bertz CT molecular complexity index is 235. The van der Waals surface area contributed by atoms with Gasteiger partial charge < -0.3 is 16.0 Å². The highest BCUT2D eigenvalue weighted by Crippen LogP contribution is 2.10. The van der Waals surface area contributed by atoms with Crippen LogP contribution in [0, 0.1) is 0 Å². The van der Waals surface area contributed by atoms with E-state index in [1.165, 1.54) is 12.8 Å². The summed E-state index contributed by atoms with van der Waals surface area (Å²) in [6.45, 7) is 3.26. The average molecular weight is 213 g/mol. The number of carbonyl (C=O) groups is 2. The maximum absolute atomic E-state index is 11.8. The van der Waals surface area contributed by atoms with Crippen molar-refractivity contribution in [3.8, 4) is 0 Å². The number of nitrogens with two attached hydrogens (primary N) is 1. The van der Waals surface area contributed by atoms with Gasteiger partial charge in [0.25, 0.3) is 0 Å². The molecule has 0 aromatic heterocycles. The molecule has 1 aliphatic heterocycles. The number of primary amides is 1. The lowest BCUT2D eigenvalue weighted by atomic mass is 10.2. The molecule has 0 radical (unpaired) electrons. The fourth-order valence-electron chi connectivity index (χ4n) is 1.84. The first-order valence-electron chi connectivity index (χ1n) is 5.46. The summed E-state index contributed by atoms with van der Waals surface area (Å²) in [4.78, 5) is 24.3. The third-order valence-corrected chi connectivity index (χ3v) is 2.65. The van der Waals surface area contributed by atoms with E-state index in [2.05, 4.69) is 5.32 Å². The molecule has 1 unspecified atom stereocenters. The summed E-state index contributed by atoms with van der Waals surface area (Å²) < 4.78 is 0. The highest BCUT2D eigenvalue weighted by molar-refractivity contribution is 5.86. The van der Waals surface area contributed by atoms with Crippen LogP contribution in [-0.2, 0) is 4.79 Å². The second-order valence-electron chi connectivity index (χ2n) is 3.97. The minimum atomic E-state index is -0.648. The molecule has 86 valence electrons. The van der Waals surface area contributed by atoms with E-state index in [9.17, 15) is 9.59 Å². The first-order chi connectivity index (χ1) is 7.11. The largest absolute Gasteiger partial charge is 0.352 e. The van der Waals surface area contributed by atoms with Crippen LogP contribution in [0.25, 0.3) is 0 Å². The molecular weight excluding hydrogens is 194 g/mol. The molecule has 1 saturated heterocycles. The number of amides is 3. The van der Waals surface area contributed by atoms with Crippen molar-refractivity contribution in [1.29, 1.82) is 0 Å². The van der Waals surface area contributed by atoms with Gasteiger partial charge in [-0.3, -0.25) is 4.79 Å². The van der Waals surface area contributed by atoms with E-state index in [1.807, 2.05) is 4.90 Å². The van der Waals surface area contributed by atoms with Crippen LogP contribution in [0.2, 0.25) is 0 Å². The molecule has 15 heavy (non-hydrogen) atoms. The molecular formula is C10H19N3O2. The molecule has 1 atom stereocenters. The van der Waals surface area contributed by atoms with Crippen LogP contribution < -0.4 is 11.1 Å². The summed E-state index contributed by atoms with van der Waals surface area (Å²) in [6, 6.07) is -1.16. The van der Waals surface area contributed by atoms with E-state index < -0.39 is 12.1 Å². The second-order valence-corrected chi connectivity index (χ2v) is 3.97. The van der Waals surface area contributed by atoms with E-state index >= 15 is 0 Å². The molecule has 5 nitrogen and oxygen atoms in total. The number of hydrogen-bond acceptors (Lipinski definition) is 2. The Hall–Kier alpha value is -1.26. The van der Waals surface area contributed by atoms with E-state index in [0.717, 1.165) is 25.9 Å². The summed E-state index contributed by atoms with van der Waals surface area (Å²) in [6.07, 6.45) is 4.47. The minimum Gasteiger partial charge on any atom is -0.352 e. The van der Waals surface area contributed by atoms with Gasteiger partial charge in [-0.05, 0) is 19.8 Å². The van der Waals surface area contributed by atoms with Crippen molar-refractivity contribution in [2.24, 2.45) is 5.73 Å². The maximum atomic E-state index is 11.8. The zero-order valence-corrected chi connectivity index (χ0v) is 9.16. The molecule has 0 saturated carbocycles. The van der Waals surface area contributed by atoms with Gasteiger partial charge >= 0.3 is 6.03 Å². The Morgan fingerprint density at radius 3 is 2.20 bits per heavy atom. The van der Waals surface area contributed by atoms with E-state index in [4.69, 9.17) is 5.73 Å². The van der Waals surface area contributed by atoms with Crippen LogP contribution in [-0.4, -0.2) is 36.0 Å². The smallest absolute Gasteiger partial charge is 0.312 e. The van der Waals surface area contributed by atoms with Crippen molar-refractivity contribution in [3.63, 3.8) is 0 Å². The number of rotatable bonds is 2. The predicted molar refractivity (Wildman–Crippen MR) is 57.2 cm³/mol.